The number of Topliss-reactive ketones (excluding diaryl/α,β-unsaturated/α-hetero) is 1. The highest BCUT2D eigenvalue weighted by atomic mass is 28.4. The molecule has 0 aliphatic carbocycles. The van der Waals surface area contributed by atoms with E-state index in [0.29, 0.717) is 28.8 Å². The largest absolute Gasteiger partial charge is 0.463 e. The third kappa shape index (κ3) is 4.33. The number of hydrogen-bond acceptors (Lipinski definition) is 4. The molecular weight excluding hydrogens is 320 g/mol. The number of carbonyl (C=O) groups excluding carboxylic acids is 2. The number of benzene rings is 1. The molecule has 5 heteroatoms. The number of rotatable bonds is 8. The van der Waals surface area contributed by atoms with Crippen molar-refractivity contribution in [3.05, 3.63) is 35.4 Å². The van der Waals surface area contributed by atoms with Crippen molar-refractivity contribution in [3.8, 4) is 0 Å². The Labute approximate surface area is 146 Å². The second-order valence-corrected chi connectivity index (χ2v) is 12.6. The molecule has 4 nitrogen and oxygen atoms in total. The first-order valence-electron chi connectivity index (χ1n) is 8.52. The van der Waals surface area contributed by atoms with E-state index in [0.717, 1.165) is 5.56 Å². The predicted molar refractivity (Wildman–Crippen MR) is 98.6 cm³/mol. The van der Waals surface area contributed by atoms with E-state index in [4.69, 9.17) is 4.43 Å². The van der Waals surface area contributed by atoms with Crippen LogP contribution in [0.2, 0.25) is 16.6 Å². The number of ketones is 1. The van der Waals surface area contributed by atoms with Gasteiger partial charge in [0.25, 0.3) is 5.78 Å². The predicted octanol–water partition coefficient (Wildman–Crippen LogP) is 4.73. The zero-order valence-electron chi connectivity index (χ0n) is 15.9. The van der Waals surface area contributed by atoms with E-state index in [2.05, 4.69) is 46.3 Å². The van der Waals surface area contributed by atoms with Crippen LogP contribution in [0.4, 0.5) is 0 Å². The van der Waals surface area contributed by atoms with E-state index in [1.165, 1.54) is 7.11 Å². The van der Waals surface area contributed by atoms with E-state index in [1.54, 1.807) is 12.1 Å². The standard InChI is InChI=1S/C19H30O4Si/c1-13(2)24(14(3)4,15(5)6)23-12-16-8-10-17(11-9-16)18(20)19(21)22-7/h8-11,13-15H,12H2,1-7H3. The maximum absolute atomic E-state index is 11.8. The second-order valence-electron chi connectivity index (χ2n) is 7.12. The maximum atomic E-state index is 11.8. The van der Waals surface area contributed by atoms with Gasteiger partial charge in [-0.2, -0.15) is 0 Å². The quantitative estimate of drug-likeness (QED) is 0.294. The van der Waals surface area contributed by atoms with Crippen LogP contribution in [0.5, 0.6) is 0 Å². The SMILES string of the molecule is COC(=O)C(=O)c1ccc(CO[Si](C(C)C)(C(C)C)C(C)C)cc1. The third-order valence-corrected chi connectivity index (χ3v) is 10.8. The molecule has 0 unspecified atom stereocenters. The fourth-order valence-electron chi connectivity index (χ4n) is 3.67. The van der Waals surface area contributed by atoms with Gasteiger partial charge < -0.3 is 9.16 Å². The molecule has 0 bridgehead atoms. The van der Waals surface area contributed by atoms with Crippen molar-refractivity contribution in [2.75, 3.05) is 7.11 Å². The summed E-state index contributed by atoms with van der Waals surface area (Å²) in [5, 5.41) is 0. The van der Waals surface area contributed by atoms with Crippen LogP contribution in [-0.2, 0) is 20.6 Å². The van der Waals surface area contributed by atoms with Gasteiger partial charge in [-0.05, 0) is 22.2 Å². The number of carbonyl (C=O) groups is 2. The lowest BCUT2D eigenvalue weighted by Crippen LogP contribution is -2.47. The molecule has 0 saturated heterocycles. The Balaban J connectivity index is 2.90. The number of hydrogen-bond donors (Lipinski definition) is 0. The van der Waals surface area contributed by atoms with Gasteiger partial charge in [0, 0.05) is 5.56 Å². The van der Waals surface area contributed by atoms with Crippen LogP contribution in [0.15, 0.2) is 24.3 Å². The van der Waals surface area contributed by atoms with Gasteiger partial charge in [0.2, 0.25) is 8.32 Å². The fraction of sp³-hybridized carbons (Fsp3) is 0.579. The fourth-order valence-corrected chi connectivity index (χ4v) is 9.09. The van der Waals surface area contributed by atoms with Crippen molar-refractivity contribution in [1.82, 2.24) is 0 Å². The van der Waals surface area contributed by atoms with Crippen molar-refractivity contribution in [2.24, 2.45) is 0 Å². The van der Waals surface area contributed by atoms with Crippen molar-refractivity contribution in [1.29, 1.82) is 0 Å². The van der Waals surface area contributed by atoms with Crippen molar-refractivity contribution < 1.29 is 18.8 Å². The second kappa shape index (κ2) is 8.58. The zero-order valence-corrected chi connectivity index (χ0v) is 16.9. The molecule has 0 aromatic heterocycles. The van der Waals surface area contributed by atoms with Crippen LogP contribution in [0.1, 0.15) is 57.5 Å². The minimum absolute atomic E-state index is 0.339. The summed E-state index contributed by atoms with van der Waals surface area (Å²) in [5.74, 6) is -1.47. The lowest BCUT2D eigenvalue weighted by molar-refractivity contribution is -0.135. The summed E-state index contributed by atoms with van der Waals surface area (Å²) in [4.78, 5) is 23.1. The first-order chi connectivity index (χ1) is 11.2. The van der Waals surface area contributed by atoms with Crippen LogP contribution in [0.25, 0.3) is 0 Å². The summed E-state index contributed by atoms with van der Waals surface area (Å²) in [5.41, 5.74) is 2.92. The van der Waals surface area contributed by atoms with E-state index in [9.17, 15) is 9.59 Å². The maximum Gasteiger partial charge on any atom is 0.379 e. The highest BCUT2D eigenvalue weighted by molar-refractivity contribution is 6.77. The van der Waals surface area contributed by atoms with E-state index >= 15 is 0 Å². The molecule has 0 radical (unpaired) electrons. The summed E-state index contributed by atoms with van der Waals surface area (Å²) < 4.78 is 11.0. The monoisotopic (exact) mass is 350 g/mol. The summed E-state index contributed by atoms with van der Waals surface area (Å²) in [6.45, 7) is 14.1. The Morgan fingerprint density at radius 1 is 0.917 bits per heavy atom. The average Bonchev–Trinajstić information content (AvgIpc) is 2.53. The van der Waals surface area contributed by atoms with Gasteiger partial charge in [-0.3, -0.25) is 4.79 Å². The molecular formula is C19H30O4Si. The lowest BCUT2D eigenvalue weighted by atomic mass is 10.1. The molecule has 1 rings (SSSR count). The molecule has 0 fully saturated rings. The molecule has 0 N–H and O–H groups in total. The van der Waals surface area contributed by atoms with Crippen molar-refractivity contribution >= 4 is 20.1 Å². The molecule has 0 spiro atoms. The molecule has 0 aliphatic rings. The summed E-state index contributed by atoms with van der Waals surface area (Å²) >= 11 is 0. The van der Waals surface area contributed by atoms with Crippen LogP contribution >= 0.6 is 0 Å². The van der Waals surface area contributed by atoms with Crippen LogP contribution in [0, 0.1) is 0 Å². The first kappa shape index (κ1) is 20.6. The van der Waals surface area contributed by atoms with Gasteiger partial charge >= 0.3 is 5.97 Å². The number of methoxy groups -OCH3 is 1. The first-order valence-corrected chi connectivity index (χ1v) is 10.7. The molecule has 0 saturated carbocycles. The van der Waals surface area contributed by atoms with Crippen molar-refractivity contribution in [2.45, 2.75) is 64.8 Å². The number of ether oxygens (including phenoxy) is 1. The molecule has 0 aliphatic heterocycles. The summed E-state index contributed by atoms with van der Waals surface area (Å²) in [6.07, 6.45) is 0. The minimum atomic E-state index is -1.91. The molecule has 0 atom stereocenters. The molecule has 0 heterocycles. The Kier molecular flexibility index (Phi) is 7.36. The zero-order chi connectivity index (χ0) is 18.5. The average molecular weight is 351 g/mol. The molecule has 0 amide bonds. The summed E-state index contributed by atoms with van der Waals surface area (Å²) in [7, 11) is -0.706. The highest BCUT2D eigenvalue weighted by Crippen LogP contribution is 2.42. The van der Waals surface area contributed by atoms with E-state index in [1.807, 2.05) is 12.1 Å². The van der Waals surface area contributed by atoms with Crippen LogP contribution in [0.3, 0.4) is 0 Å². The molecule has 1 aromatic rings. The normalized spacial score (nSPS) is 12.1. The van der Waals surface area contributed by atoms with Crippen LogP contribution in [-0.4, -0.2) is 27.2 Å². The van der Waals surface area contributed by atoms with Gasteiger partial charge in [0.05, 0.1) is 13.7 Å². The van der Waals surface area contributed by atoms with Gasteiger partial charge in [-0.15, -0.1) is 0 Å². The summed E-state index contributed by atoms with van der Waals surface area (Å²) in [6, 6.07) is 7.00. The lowest BCUT2D eigenvalue weighted by Gasteiger charge is -2.42. The topological polar surface area (TPSA) is 52.6 Å². The highest BCUT2D eigenvalue weighted by Gasteiger charge is 2.44. The van der Waals surface area contributed by atoms with Crippen molar-refractivity contribution in [3.63, 3.8) is 0 Å². The Hall–Kier alpha value is -1.46. The molecule has 134 valence electrons. The van der Waals surface area contributed by atoms with Gasteiger partial charge in [-0.1, -0.05) is 65.8 Å². The Morgan fingerprint density at radius 3 is 1.75 bits per heavy atom. The molecule has 24 heavy (non-hydrogen) atoms. The van der Waals surface area contributed by atoms with E-state index < -0.39 is 20.1 Å². The smallest absolute Gasteiger partial charge is 0.379 e. The van der Waals surface area contributed by atoms with E-state index in [-0.39, 0.29) is 0 Å². The third-order valence-electron chi connectivity index (χ3n) is 4.78. The van der Waals surface area contributed by atoms with Gasteiger partial charge in [0.15, 0.2) is 0 Å². The Bertz CT molecular complexity index is 539. The Morgan fingerprint density at radius 2 is 1.38 bits per heavy atom. The van der Waals surface area contributed by atoms with Gasteiger partial charge in [0.1, 0.15) is 0 Å². The van der Waals surface area contributed by atoms with Crippen LogP contribution < -0.4 is 0 Å². The van der Waals surface area contributed by atoms with Gasteiger partial charge in [-0.25, -0.2) is 4.79 Å². The number of esters is 1. The minimum Gasteiger partial charge on any atom is -0.463 e. The molecule has 1 aromatic carbocycles.